The van der Waals surface area contributed by atoms with Gasteiger partial charge in [0.25, 0.3) is 0 Å². The molecular formula is C17H27N3O2S. The summed E-state index contributed by atoms with van der Waals surface area (Å²) in [5, 5.41) is 5.25. The van der Waals surface area contributed by atoms with E-state index in [1.165, 1.54) is 17.7 Å². The van der Waals surface area contributed by atoms with Gasteiger partial charge in [0.05, 0.1) is 13.2 Å². The molecule has 0 bridgehead atoms. The Bertz CT molecular complexity index is 510. The van der Waals surface area contributed by atoms with Crippen molar-refractivity contribution in [2.75, 3.05) is 19.7 Å². The Balaban J connectivity index is 1.38. The first-order chi connectivity index (χ1) is 11.2. The number of nitrogens with one attached hydrogen (secondary N) is 1. The molecule has 1 aliphatic heterocycles. The molecule has 3 rings (SSSR count). The van der Waals surface area contributed by atoms with Crippen LogP contribution in [0.25, 0.3) is 0 Å². The fourth-order valence-electron chi connectivity index (χ4n) is 3.20. The molecule has 1 spiro atoms. The van der Waals surface area contributed by atoms with Crippen molar-refractivity contribution < 1.29 is 9.47 Å². The Hall–Kier alpha value is -1.11. The minimum Gasteiger partial charge on any atom is -0.370 e. The monoisotopic (exact) mass is 337 g/mol. The third kappa shape index (κ3) is 4.68. The summed E-state index contributed by atoms with van der Waals surface area (Å²) in [6, 6.07) is 4.20. The molecule has 1 atom stereocenters. The number of aliphatic imine (C=N–C) groups is 1. The summed E-state index contributed by atoms with van der Waals surface area (Å²) in [4.78, 5) is 5.75. The fraction of sp³-hybridized carbons (Fsp3) is 0.706. The van der Waals surface area contributed by atoms with E-state index in [-0.39, 0.29) is 11.9 Å². The number of hydrogen-bond acceptors (Lipinski definition) is 4. The van der Waals surface area contributed by atoms with E-state index >= 15 is 0 Å². The van der Waals surface area contributed by atoms with Gasteiger partial charge in [-0.15, -0.1) is 11.3 Å². The number of hydrogen-bond donors (Lipinski definition) is 2. The van der Waals surface area contributed by atoms with Gasteiger partial charge in [-0.3, -0.25) is 4.99 Å². The normalized spacial score (nSPS) is 31.6. The predicted molar refractivity (Wildman–Crippen MR) is 93.7 cm³/mol. The summed E-state index contributed by atoms with van der Waals surface area (Å²) in [5.74, 6) is 0.935. The van der Waals surface area contributed by atoms with E-state index < -0.39 is 0 Å². The van der Waals surface area contributed by atoms with Crippen molar-refractivity contribution in [3.63, 3.8) is 0 Å². The lowest BCUT2D eigenvalue weighted by Crippen LogP contribution is -2.36. The molecular weight excluding hydrogens is 310 g/mol. The highest BCUT2D eigenvalue weighted by atomic mass is 32.1. The van der Waals surface area contributed by atoms with Crippen LogP contribution in [0.4, 0.5) is 0 Å². The third-order valence-electron chi connectivity index (χ3n) is 4.67. The van der Waals surface area contributed by atoms with Crippen molar-refractivity contribution in [1.29, 1.82) is 0 Å². The summed E-state index contributed by atoms with van der Waals surface area (Å²) in [7, 11) is 0. The lowest BCUT2D eigenvalue weighted by atomic mass is 9.86. The van der Waals surface area contributed by atoms with Crippen LogP contribution in [0.3, 0.4) is 0 Å². The molecule has 6 heteroatoms. The molecule has 0 aromatic carbocycles. The van der Waals surface area contributed by atoms with Gasteiger partial charge in [-0.1, -0.05) is 13.0 Å². The number of thiophene rings is 1. The molecule has 0 radical (unpaired) electrons. The highest BCUT2D eigenvalue weighted by Crippen LogP contribution is 2.39. The topological polar surface area (TPSA) is 68.9 Å². The van der Waals surface area contributed by atoms with Crippen LogP contribution in [0.15, 0.2) is 22.5 Å². The third-order valence-corrected chi connectivity index (χ3v) is 5.61. The number of nitrogens with zero attached hydrogens (tertiary/aromatic N) is 1. The van der Waals surface area contributed by atoms with Crippen molar-refractivity contribution in [1.82, 2.24) is 5.32 Å². The van der Waals surface area contributed by atoms with Crippen LogP contribution in [0, 0.1) is 5.92 Å². The summed E-state index contributed by atoms with van der Waals surface area (Å²) >= 11 is 1.76. The van der Waals surface area contributed by atoms with E-state index in [0.29, 0.717) is 19.1 Å². The fourth-order valence-corrected chi connectivity index (χ4v) is 3.90. The largest absolute Gasteiger partial charge is 0.370 e. The van der Waals surface area contributed by atoms with Crippen LogP contribution in [0.5, 0.6) is 0 Å². The summed E-state index contributed by atoms with van der Waals surface area (Å²) in [6.45, 7) is 4.29. The highest BCUT2D eigenvalue weighted by Gasteiger charge is 2.43. The Morgan fingerprint density at radius 2 is 2.30 bits per heavy atom. The zero-order valence-electron chi connectivity index (χ0n) is 13.8. The van der Waals surface area contributed by atoms with Crippen molar-refractivity contribution in [2.24, 2.45) is 16.6 Å². The van der Waals surface area contributed by atoms with Crippen LogP contribution in [0.2, 0.25) is 0 Å². The van der Waals surface area contributed by atoms with Gasteiger partial charge in [-0.05, 0) is 36.6 Å². The molecule has 0 amide bonds. The van der Waals surface area contributed by atoms with E-state index in [0.717, 1.165) is 31.7 Å². The van der Waals surface area contributed by atoms with Gasteiger partial charge in [-0.2, -0.15) is 0 Å². The zero-order valence-corrected chi connectivity index (χ0v) is 14.6. The van der Waals surface area contributed by atoms with Crippen molar-refractivity contribution >= 4 is 17.3 Å². The lowest BCUT2D eigenvalue weighted by molar-refractivity contribution is -0.190. The molecule has 128 valence electrons. The van der Waals surface area contributed by atoms with Crippen LogP contribution in [-0.2, 0) is 15.9 Å². The maximum atomic E-state index is 6.14. The first kappa shape index (κ1) is 16.7. The highest BCUT2D eigenvalue weighted by molar-refractivity contribution is 7.09. The molecule has 23 heavy (non-hydrogen) atoms. The SMILES string of the molecule is CC1CCC2(CC1)OCC(CN=C(N)NCCc1cccs1)O2. The molecule has 1 aliphatic carbocycles. The second-order valence-corrected chi connectivity index (χ2v) is 7.66. The minimum atomic E-state index is -0.339. The summed E-state index contributed by atoms with van der Waals surface area (Å²) in [5.41, 5.74) is 5.93. The molecule has 1 unspecified atom stereocenters. The Labute approximate surface area is 142 Å². The maximum Gasteiger partial charge on any atom is 0.188 e. The Kier molecular flexibility index (Phi) is 5.56. The van der Waals surface area contributed by atoms with Gasteiger partial charge in [-0.25, -0.2) is 0 Å². The van der Waals surface area contributed by atoms with Gasteiger partial charge in [0.1, 0.15) is 6.10 Å². The first-order valence-electron chi connectivity index (χ1n) is 8.53. The van der Waals surface area contributed by atoms with Crippen molar-refractivity contribution in [3.05, 3.63) is 22.4 Å². The molecule has 1 aromatic heterocycles. The van der Waals surface area contributed by atoms with Crippen molar-refractivity contribution in [3.8, 4) is 0 Å². The smallest absolute Gasteiger partial charge is 0.188 e. The molecule has 5 nitrogen and oxygen atoms in total. The second-order valence-electron chi connectivity index (χ2n) is 6.63. The molecule has 2 fully saturated rings. The summed E-state index contributed by atoms with van der Waals surface area (Å²) in [6.07, 6.45) is 5.37. The van der Waals surface area contributed by atoms with Crippen LogP contribution < -0.4 is 11.1 Å². The lowest BCUT2D eigenvalue weighted by Gasteiger charge is -2.34. The van der Waals surface area contributed by atoms with Gasteiger partial charge in [0.15, 0.2) is 11.7 Å². The maximum absolute atomic E-state index is 6.14. The number of nitrogens with two attached hydrogens (primary N) is 1. The Morgan fingerprint density at radius 3 is 3.04 bits per heavy atom. The number of rotatable bonds is 5. The first-order valence-corrected chi connectivity index (χ1v) is 9.41. The number of ether oxygens (including phenoxy) is 2. The molecule has 2 heterocycles. The van der Waals surface area contributed by atoms with Gasteiger partial charge in [0.2, 0.25) is 0 Å². The molecule has 2 aliphatic rings. The second kappa shape index (κ2) is 7.64. The van der Waals surface area contributed by atoms with Crippen LogP contribution >= 0.6 is 11.3 Å². The molecule has 1 aromatic rings. The Morgan fingerprint density at radius 1 is 1.48 bits per heavy atom. The number of guanidine groups is 1. The quantitative estimate of drug-likeness (QED) is 0.640. The van der Waals surface area contributed by atoms with E-state index in [4.69, 9.17) is 15.2 Å². The van der Waals surface area contributed by atoms with Gasteiger partial charge in [0, 0.05) is 24.3 Å². The van der Waals surface area contributed by atoms with E-state index in [1.54, 1.807) is 11.3 Å². The molecule has 1 saturated carbocycles. The van der Waals surface area contributed by atoms with E-state index in [2.05, 4.69) is 34.7 Å². The minimum absolute atomic E-state index is 0.0288. The van der Waals surface area contributed by atoms with Gasteiger partial charge >= 0.3 is 0 Å². The predicted octanol–water partition coefficient (Wildman–Crippen LogP) is 2.52. The average molecular weight is 337 g/mol. The van der Waals surface area contributed by atoms with Crippen molar-refractivity contribution in [2.45, 2.75) is 50.9 Å². The van der Waals surface area contributed by atoms with Crippen LogP contribution in [-0.4, -0.2) is 37.5 Å². The standard InChI is InChI=1S/C17H27N3O2S/c1-13-4-7-17(8-5-13)21-12-14(22-17)11-20-16(18)19-9-6-15-3-2-10-23-15/h2-3,10,13-14H,4-9,11-12H2,1H3,(H3,18,19,20). The summed E-state index contributed by atoms with van der Waals surface area (Å²) < 4.78 is 12.1. The zero-order chi connectivity index (χ0) is 16.1. The average Bonchev–Trinajstić information content (AvgIpc) is 3.19. The molecule has 3 N–H and O–H groups in total. The van der Waals surface area contributed by atoms with E-state index in [1.807, 2.05) is 0 Å². The van der Waals surface area contributed by atoms with Gasteiger partial charge < -0.3 is 20.5 Å². The molecule has 1 saturated heterocycles. The van der Waals surface area contributed by atoms with E-state index in [9.17, 15) is 0 Å². The van der Waals surface area contributed by atoms with Crippen LogP contribution in [0.1, 0.15) is 37.5 Å².